The molecule has 7 atom stereocenters. The summed E-state index contributed by atoms with van der Waals surface area (Å²) in [4.78, 5) is 69.9. The van der Waals surface area contributed by atoms with Crippen molar-refractivity contribution in [3.63, 3.8) is 0 Å². The number of halogens is 6. The number of rotatable bonds is 19. The van der Waals surface area contributed by atoms with Crippen molar-refractivity contribution in [3.8, 4) is 0 Å². The quantitative estimate of drug-likeness (QED) is 0.0611. The van der Waals surface area contributed by atoms with Gasteiger partial charge in [0.2, 0.25) is 11.8 Å². The van der Waals surface area contributed by atoms with Crippen LogP contribution in [0, 0.1) is 11.8 Å². The molecule has 1 aromatic carbocycles. The zero-order chi connectivity index (χ0) is 42.7. The molecule has 318 valence electrons. The summed E-state index contributed by atoms with van der Waals surface area (Å²) in [5.74, 6) is -8.36. The van der Waals surface area contributed by atoms with Crippen molar-refractivity contribution in [3.05, 3.63) is 53.6 Å². The Bertz CT molecular complexity index is 1650. The first-order valence-electron chi connectivity index (χ1n) is 18.2. The number of ether oxygens (including phenoxy) is 2. The third-order valence-electron chi connectivity index (χ3n) is 9.51. The molecule has 2 amide bonds. The lowest BCUT2D eigenvalue weighted by Gasteiger charge is -2.35. The van der Waals surface area contributed by atoms with Crippen molar-refractivity contribution in [1.29, 1.82) is 0 Å². The number of hydrogen-bond acceptors (Lipinski definition) is 12. The van der Waals surface area contributed by atoms with Crippen LogP contribution in [-0.4, -0.2) is 111 Å². The summed E-state index contributed by atoms with van der Waals surface area (Å²) < 4.78 is 85.9. The zero-order valence-corrected chi connectivity index (χ0v) is 31.1. The summed E-state index contributed by atoms with van der Waals surface area (Å²) in [6.07, 6.45) is -13.3. The lowest BCUT2D eigenvalue weighted by molar-refractivity contribution is -0.222. The highest BCUT2D eigenvalue weighted by Crippen LogP contribution is 2.29. The van der Waals surface area contributed by atoms with Gasteiger partial charge in [-0.3, -0.25) is 14.4 Å². The van der Waals surface area contributed by atoms with E-state index >= 15 is 0 Å². The molecule has 57 heavy (non-hydrogen) atoms. The van der Waals surface area contributed by atoms with Crippen LogP contribution in [-0.2, 0) is 41.5 Å². The number of aromatic amines is 1. The monoisotopic (exact) mass is 822 g/mol. The van der Waals surface area contributed by atoms with Crippen LogP contribution in [0.2, 0.25) is 0 Å². The van der Waals surface area contributed by atoms with Gasteiger partial charge in [-0.15, -0.1) is 0 Å². The fourth-order valence-corrected chi connectivity index (χ4v) is 6.25. The van der Waals surface area contributed by atoms with E-state index in [1.54, 1.807) is 32.0 Å². The molecule has 1 saturated carbocycles. The third-order valence-corrected chi connectivity index (χ3v) is 9.51. The van der Waals surface area contributed by atoms with Gasteiger partial charge in [0.15, 0.2) is 11.9 Å². The Labute approximate surface area is 323 Å². The minimum atomic E-state index is -5.70. The number of aliphatic hydroxyl groups excluding tert-OH is 2. The third kappa shape index (κ3) is 14.4. The predicted octanol–water partition coefficient (Wildman–Crippen LogP) is 1.93. The molecule has 1 fully saturated rings. The number of aromatic nitrogens is 2. The van der Waals surface area contributed by atoms with Crippen LogP contribution < -0.4 is 22.1 Å². The molecule has 1 unspecified atom stereocenters. The Morgan fingerprint density at radius 1 is 0.912 bits per heavy atom. The summed E-state index contributed by atoms with van der Waals surface area (Å²) in [5, 5.41) is 27.3. The first-order valence-corrected chi connectivity index (χ1v) is 18.2. The number of H-pyrrole nitrogens is 1. The van der Waals surface area contributed by atoms with Crippen LogP contribution in [0.5, 0.6) is 0 Å². The van der Waals surface area contributed by atoms with E-state index in [-0.39, 0.29) is 42.6 Å². The number of ketones is 1. The number of esters is 2. The van der Waals surface area contributed by atoms with Crippen molar-refractivity contribution in [2.45, 2.75) is 120 Å². The number of nitrogens with two attached hydrogens (primary N) is 2. The molecule has 0 aliphatic heterocycles. The van der Waals surface area contributed by atoms with Crippen LogP contribution >= 0.6 is 0 Å². The summed E-state index contributed by atoms with van der Waals surface area (Å²) >= 11 is 0. The number of alkyl halides is 6. The van der Waals surface area contributed by atoms with Gasteiger partial charge < -0.3 is 46.8 Å². The number of aliphatic hydroxyl groups is 2. The topological polar surface area (TPSA) is 249 Å². The van der Waals surface area contributed by atoms with Crippen molar-refractivity contribution >= 4 is 29.5 Å². The number of nitrogens with one attached hydrogen (secondary N) is 3. The van der Waals surface area contributed by atoms with Crippen molar-refractivity contribution < 1.29 is 70.0 Å². The highest BCUT2D eigenvalue weighted by Gasteiger charge is 2.47. The second kappa shape index (κ2) is 20.7. The van der Waals surface area contributed by atoms with E-state index in [2.05, 4.69) is 30.1 Å². The molecule has 1 aliphatic rings. The van der Waals surface area contributed by atoms with E-state index in [0.29, 0.717) is 24.0 Å². The summed E-state index contributed by atoms with van der Waals surface area (Å²) in [5.41, 5.74) is 13.3. The van der Waals surface area contributed by atoms with E-state index in [9.17, 15) is 60.5 Å². The van der Waals surface area contributed by atoms with E-state index in [1.807, 2.05) is 0 Å². The van der Waals surface area contributed by atoms with Gasteiger partial charge in [-0.05, 0) is 36.3 Å². The van der Waals surface area contributed by atoms with Gasteiger partial charge in [-0.1, -0.05) is 64.2 Å². The standard InChI is InChI=1S/C36H48F6N6O9/c1-18(2)27(44)28(49)21-10-6-9-20(11-21)12-23(43)31(52)48-25(14-22-15-45-17-46-22)32(53)47-24(13-19-7-4-3-5-8-19)29(50)30(51)26(57-34(55)36(40,41)42)16-56-33(54)35(37,38)39/h6,9-11,15,17-19,23-27,29-30,50-51H,3-5,7-8,12-14,16,43-44H2,1-2H3,(H,45,46)(H,47,53)(H,48,52)/t23-,24-,25-,26+,27?,29+,30-/m0/s1. The molecule has 1 heterocycles. The largest absolute Gasteiger partial charge is 0.490 e. The molecule has 0 saturated heterocycles. The molecular weight excluding hydrogens is 774 g/mol. The second-order valence-electron chi connectivity index (χ2n) is 14.3. The lowest BCUT2D eigenvalue weighted by Crippen LogP contribution is -2.59. The summed E-state index contributed by atoms with van der Waals surface area (Å²) in [6, 6.07) is 1.23. The summed E-state index contributed by atoms with van der Waals surface area (Å²) in [7, 11) is 0. The van der Waals surface area contributed by atoms with Crippen LogP contribution in [0.1, 0.15) is 74.0 Å². The van der Waals surface area contributed by atoms with E-state index in [1.165, 1.54) is 18.6 Å². The maximum atomic E-state index is 13.9. The molecule has 1 aliphatic carbocycles. The van der Waals surface area contributed by atoms with Crippen LogP contribution in [0.25, 0.3) is 0 Å². The number of hydrogen-bond donors (Lipinski definition) is 7. The lowest BCUT2D eigenvalue weighted by atomic mass is 9.82. The smallest absolute Gasteiger partial charge is 0.455 e. The molecule has 3 rings (SSSR count). The first-order chi connectivity index (χ1) is 26.6. The van der Waals surface area contributed by atoms with Crippen LogP contribution in [0.15, 0.2) is 36.8 Å². The number of imidazole rings is 1. The molecule has 15 nitrogen and oxygen atoms in total. The van der Waals surface area contributed by atoms with Gasteiger partial charge in [-0.25, -0.2) is 14.6 Å². The Balaban J connectivity index is 1.87. The van der Waals surface area contributed by atoms with Crippen LogP contribution in [0.3, 0.4) is 0 Å². The van der Waals surface area contributed by atoms with Crippen molar-refractivity contribution in [2.75, 3.05) is 6.61 Å². The molecule has 0 bridgehead atoms. The molecule has 0 spiro atoms. The zero-order valence-electron chi connectivity index (χ0n) is 31.1. The van der Waals surface area contributed by atoms with E-state index < -0.39 is 85.2 Å². The Hall–Kier alpha value is -4.60. The van der Waals surface area contributed by atoms with Crippen molar-refractivity contribution in [2.24, 2.45) is 23.3 Å². The fraction of sp³-hybridized carbons (Fsp3) is 0.611. The van der Waals surface area contributed by atoms with E-state index in [4.69, 9.17) is 11.5 Å². The number of carbonyl (C=O) groups excluding carboxylic acids is 5. The number of nitrogens with zero attached hydrogens (tertiary/aromatic N) is 1. The Morgan fingerprint density at radius 3 is 2.14 bits per heavy atom. The maximum absolute atomic E-state index is 13.9. The minimum absolute atomic E-state index is 0.0905. The van der Waals surface area contributed by atoms with Gasteiger partial charge in [0, 0.05) is 18.2 Å². The second-order valence-corrected chi connectivity index (χ2v) is 14.3. The average molecular weight is 823 g/mol. The predicted molar refractivity (Wildman–Crippen MR) is 188 cm³/mol. The molecule has 21 heteroatoms. The van der Waals surface area contributed by atoms with Crippen LogP contribution in [0.4, 0.5) is 26.3 Å². The van der Waals surface area contributed by atoms with E-state index in [0.717, 1.165) is 19.3 Å². The SMILES string of the molecule is CC(C)C(N)C(=O)c1cccc(C[C@H](N)C(=O)N[C@@H](Cc2c[nH]cn2)C(=O)N[C@@H](CC2CCCCC2)[C@@H](O)[C@@H](O)[C@@H](COC(=O)C(F)(F)F)OC(=O)C(F)(F)F)c1. The van der Waals surface area contributed by atoms with Gasteiger partial charge in [-0.2, -0.15) is 26.3 Å². The number of benzene rings is 1. The minimum Gasteiger partial charge on any atom is -0.455 e. The number of carbonyl (C=O) groups is 5. The Morgan fingerprint density at radius 2 is 1.56 bits per heavy atom. The highest BCUT2D eigenvalue weighted by atomic mass is 19.4. The molecule has 9 N–H and O–H groups in total. The Kier molecular flexibility index (Phi) is 17.0. The molecule has 1 aromatic heterocycles. The van der Waals surface area contributed by atoms with Gasteiger partial charge in [0.05, 0.1) is 30.1 Å². The highest BCUT2D eigenvalue weighted by molar-refractivity contribution is 6.00. The van der Waals surface area contributed by atoms with Crippen molar-refractivity contribution in [1.82, 2.24) is 20.6 Å². The number of Topliss-reactive ketones (excluding diaryl/α,β-unsaturated/α-hetero) is 1. The molecule has 0 radical (unpaired) electrons. The molecular formula is C36H48F6N6O9. The molecule has 2 aromatic rings. The fourth-order valence-electron chi connectivity index (χ4n) is 6.25. The summed E-state index contributed by atoms with van der Waals surface area (Å²) in [6.45, 7) is 1.83. The average Bonchev–Trinajstić information content (AvgIpc) is 3.67. The van der Waals surface area contributed by atoms with Gasteiger partial charge in [0.1, 0.15) is 24.9 Å². The number of amides is 2. The first kappa shape index (κ1) is 46.8. The van der Waals surface area contributed by atoms with Gasteiger partial charge >= 0.3 is 24.3 Å². The van der Waals surface area contributed by atoms with Gasteiger partial charge in [0.25, 0.3) is 0 Å². The normalized spacial score (nSPS) is 17.7. The maximum Gasteiger partial charge on any atom is 0.490 e.